The second-order valence-electron chi connectivity index (χ2n) is 3.38. The Morgan fingerprint density at radius 3 is 3.06 bits per heavy atom. The van der Waals surface area contributed by atoms with E-state index in [-0.39, 0.29) is 12.1 Å². The number of ether oxygens (including phenoxy) is 2. The molecule has 1 aliphatic heterocycles. The first-order chi connectivity index (χ1) is 7.74. The van der Waals surface area contributed by atoms with Gasteiger partial charge in [-0.15, -0.1) is 0 Å². The van der Waals surface area contributed by atoms with E-state index in [2.05, 4.69) is 9.98 Å². The fourth-order valence-corrected chi connectivity index (χ4v) is 1.44. The first-order valence-corrected chi connectivity index (χ1v) is 5.32. The molecule has 86 valence electrons. The van der Waals surface area contributed by atoms with Crippen molar-refractivity contribution in [3.8, 4) is 5.88 Å². The summed E-state index contributed by atoms with van der Waals surface area (Å²) in [5, 5.41) is 0.592. The molecule has 6 heteroatoms. The number of halogens is 1. The van der Waals surface area contributed by atoms with Crippen LogP contribution in [0.2, 0.25) is 5.02 Å². The fourth-order valence-electron chi connectivity index (χ4n) is 1.33. The molecule has 0 amide bonds. The van der Waals surface area contributed by atoms with Crippen LogP contribution in [0.3, 0.4) is 0 Å². The molecule has 0 saturated carbocycles. The number of amidine groups is 1. The number of rotatable bonds is 4. The molecule has 2 rings (SSSR count). The highest BCUT2D eigenvalue weighted by Crippen LogP contribution is 2.12. The molecule has 5 nitrogen and oxygen atoms in total. The van der Waals surface area contributed by atoms with Crippen LogP contribution in [-0.2, 0) is 4.74 Å². The van der Waals surface area contributed by atoms with Gasteiger partial charge >= 0.3 is 0 Å². The van der Waals surface area contributed by atoms with E-state index in [0.29, 0.717) is 24.1 Å². The number of nitrogens with two attached hydrogens (primary N) is 1. The lowest BCUT2D eigenvalue weighted by atomic mass is 10.2. The maximum atomic E-state index is 5.70. The molecular weight excluding hydrogens is 230 g/mol. The molecule has 1 aliphatic rings. The van der Waals surface area contributed by atoms with Crippen LogP contribution in [-0.4, -0.2) is 30.3 Å². The lowest BCUT2D eigenvalue weighted by molar-refractivity contribution is 0.258. The molecule has 0 radical (unpaired) electrons. The molecule has 0 aromatic carbocycles. The van der Waals surface area contributed by atoms with Crippen LogP contribution < -0.4 is 10.5 Å². The zero-order chi connectivity index (χ0) is 11.4. The molecular formula is C10H12ClN3O2. The number of nitrogens with zero attached hydrogens (tertiary/aromatic N) is 2. The first-order valence-electron chi connectivity index (χ1n) is 4.94. The maximum Gasteiger partial charge on any atom is 0.282 e. The Bertz CT molecular complexity index is 380. The molecule has 1 atom stereocenters. The van der Waals surface area contributed by atoms with E-state index < -0.39 is 0 Å². The summed E-state index contributed by atoms with van der Waals surface area (Å²) in [4.78, 5) is 8.10. The highest BCUT2D eigenvalue weighted by Gasteiger charge is 2.16. The van der Waals surface area contributed by atoms with Gasteiger partial charge in [-0.25, -0.2) is 9.98 Å². The van der Waals surface area contributed by atoms with Crippen molar-refractivity contribution in [3.63, 3.8) is 0 Å². The minimum atomic E-state index is 0.0901. The molecule has 16 heavy (non-hydrogen) atoms. The van der Waals surface area contributed by atoms with Gasteiger partial charge in [0.05, 0.1) is 17.7 Å². The van der Waals surface area contributed by atoms with Crippen LogP contribution in [0.4, 0.5) is 0 Å². The molecule has 0 aliphatic carbocycles. The number of aromatic nitrogens is 1. The summed E-state index contributed by atoms with van der Waals surface area (Å²) in [6.45, 7) is 1.06. The van der Waals surface area contributed by atoms with Crippen molar-refractivity contribution in [1.29, 1.82) is 0 Å². The third-order valence-corrected chi connectivity index (χ3v) is 2.36. The van der Waals surface area contributed by atoms with Gasteiger partial charge in [-0.3, -0.25) is 0 Å². The second kappa shape index (κ2) is 5.03. The van der Waals surface area contributed by atoms with Crippen LogP contribution in [0.1, 0.15) is 6.42 Å². The second-order valence-corrected chi connectivity index (χ2v) is 3.82. The molecule has 0 unspecified atom stereocenters. The monoisotopic (exact) mass is 241 g/mol. The average Bonchev–Trinajstić information content (AvgIpc) is 2.67. The van der Waals surface area contributed by atoms with Crippen molar-refractivity contribution in [3.05, 3.63) is 23.4 Å². The van der Waals surface area contributed by atoms with Crippen LogP contribution in [0.5, 0.6) is 5.88 Å². The average molecular weight is 242 g/mol. The van der Waals surface area contributed by atoms with E-state index in [1.54, 1.807) is 18.3 Å². The predicted octanol–water partition coefficient (Wildman–Crippen LogP) is 1.22. The Kier molecular flexibility index (Phi) is 3.46. The largest absolute Gasteiger partial charge is 0.478 e. The van der Waals surface area contributed by atoms with E-state index in [9.17, 15) is 0 Å². The van der Waals surface area contributed by atoms with Crippen molar-refractivity contribution in [2.24, 2.45) is 10.7 Å². The number of hydrogen-bond acceptors (Lipinski definition) is 5. The summed E-state index contributed by atoms with van der Waals surface area (Å²) in [5.74, 6) is 0.556. The Hall–Kier alpha value is -1.49. The molecule has 2 N–H and O–H groups in total. The normalized spacial score (nSPS) is 19.1. The molecule has 0 saturated heterocycles. The van der Waals surface area contributed by atoms with E-state index in [1.807, 2.05) is 0 Å². The smallest absolute Gasteiger partial charge is 0.282 e. The van der Waals surface area contributed by atoms with Crippen molar-refractivity contribution < 1.29 is 9.47 Å². The zero-order valence-electron chi connectivity index (χ0n) is 8.60. The molecule has 1 aromatic rings. The Balaban J connectivity index is 1.74. The van der Waals surface area contributed by atoms with E-state index in [0.717, 1.165) is 6.42 Å². The minimum absolute atomic E-state index is 0.0901. The Morgan fingerprint density at radius 1 is 1.56 bits per heavy atom. The van der Waals surface area contributed by atoms with Crippen molar-refractivity contribution >= 4 is 17.6 Å². The topological polar surface area (TPSA) is 69.7 Å². The van der Waals surface area contributed by atoms with Crippen LogP contribution in [0.15, 0.2) is 23.3 Å². The highest BCUT2D eigenvalue weighted by atomic mass is 35.5. The van der Waals surface area contributed by atoms with Gasteiger partial charge in [0.15, 0.2) is 0 Å². The quantitative estimate of drug-likeness (QED) is 0.861. The van der Waals surface area contributed by atoms with E-state index >= 15 is 0 Å². The lowest BCUT2D eigenvalue weighted by Gasteiger charge is -2.06. The third kappa shape index (κ3) is 3.00. The molecule has 0 bridgehead atoms. The zero-order valence-corrected chi connectivity index (χ0v) is 9.35. The minimum Gasteiger partial charge on any atom is -0.478 e. The van der Waals surface area contributed by atoms with Gasteiger partial charge in [0.2, 0.25) is 5.88 Å². The van der Waals surface area contributed by atoms with Crippen LogP contribution in [0, 0.1) is 0 Å². The van der Waals surface area contributed by atoms with Crippen molar-refractivity contribution in [2.75, 3.05) is 13.2 Å². The van der Waals surface area contributed by atoms with Crippen LogP contribution >= 0.6 is 11.6 Å². The molecule has 2 heterocycles. The summed E-state index contributed by atoms with van der Waals surface area (Å²) in [7, 11) is 0. The van der Waals surface area contributed by atoms with Gasteiger partial charge in [0.1, 0.15) is 6.61 Å². The van der Waals surface area contributed by atoms with Gasteiger partial charge in [-0.1, -0.05) is 11.6 Å². The number of hydrogen-bond donors (Lipinski definition) is 1. The Labute approximate surface area is 98.2 Å². The summed E-state index contributed by atoms with van der Waals surface area (Å²) in [5.41, 5.74) is 5.38. The molecule has 0 fully saturated rings. The molecule has 0 spiro atoms. The third-order valence-electron chi connectivity index (χ3n) is 2.13. The summed E-state index contributed by atoms with van der Waals surface area (Å²) < 4.78 is 10.4. The highest BCUT2D eigenvalue weighted by molar-refractivity contribution is 6.30. The SMILES string of the molecule is NC1=N[C@@H](CCOc2ccc(Cl)cn2)CO1. The van der Waals surface area contributed by atoms with Gasteiger partial charge in [0, 0.05) is 18.7 Å². The first kappa shape index (κ1) is 11.0. The van der Waals surface area contributed by atoms with Gasteiger partial charge < -0.3 is 15.2 Å². The van der Waals surface area contributed by atoms with E-state index in [1.165, 1.54) is 0 Å². The summed E-state index contributed by atoms with van der Waals surface area (Å²) in [6.07, 6.45) is 2.30. The fraction of sp³-hybridized carbons (Fsp3) is 0.400. The lowest BCUT2D eigenvalue weighted by Crippen LogP contribution is -2.12. The number of pyridine rings is 1. The maximum absolute atomic E-state index is 5.70. The van der Waals surface area contributed by atoms with Gasteiger partial charge in [0.25, 0.3) is 6.02 Å². The predicted molar refractivity (Wildman–Crippen MR) is 60.7 cm³/mol. The standard InChI is InChI=1S/C10H12ClN3O2/c11-7-1-2-9(13-5-7)15-4-3-8-6-16-10(12)14-8/h1-2,5,8H,3-4,6H2,(H2,12,14)/t8-/m0/s1. The van der Waals surface area contributed by atoms with Crippen LogP contribution in [0.25, 0.3) is 0 Å². The van der Waals surface area contributed by atoms with Gasteiger partial charge in [-0.2, -0.15) is 0 Å². The molecule has 1 aromatic heterocycles. The Morgan fingerprint density at radius 2 is 2.44 bits per heavy atom. The van der Waals surface area contributed by atoms with Crippen molar-refractivity contribution in [1.82, 2.24) is 4.98 Å². The number of aliphatic imine (C=N–C) groups is 1. The van der Waals surface area contributed by atoms with Gasteiger partial charge in [-0.05, 0) is 6.07 Å². The van der Waals surface area contributed by atoms with Crippen molar-refractivity contribution in [2.45, 2.75) is 12.5 Å². The summed E-state index contributed by atoms with van der Waals surface area (Å²) >= 11 is 5.70. The summed E-state index contributed by atoms with van der Waals surface area (Å²) in [6, 6.07) is 3.81. The van der Waals surface area contributed by atoms with E-state index in [4.69, 9.17) is 26.8 Å².